The van der Waals surface area contributed by atoms with Gasteiger partial charge in [-0.2, -0.15) is 18.4 Å². The third-order valence-corrected chi connectivity index (χ3v) is 2.29. The van der Waals surface area contributed by atoms with Crippen molar-refractivity contribution < 1.29 is 13.2 Å². The lowest BCUT2D eigenvalue weighted by Gasteiger charge is -2.10. The van der Waals surface area contributed by atoms with Crippen LogP contribution in [0.5, 0.6) is 0 Å². The number of nitrogens with one attached hydrogen (secondary N) is 1. The van der Waals surface area contributed by atoms with Gasteiger partial charge in [-0.1, -0.05) is 0 Å². The zero-order valence-electron chi connectivity index (χ0n) is 9.94. The second-order valence-electron chi connectivity index (χ2n) is 3.81. The first kappa shape index (κ1) is 13.6. The molecule has 0 aliphatic carbocycles. The average molecular weight is 279 g/mol. The molecule has 3 N–H and O–H groups in total. The Hall–Kier alpha value is -2.82. The molecule has 20 heavy (non-hydrogen) atoms. The molecule has 1 heterocycles. The molecule has 0 spiro atoms. The molecular weight excluding hydrogens is 271 g/mol. The van der Waals surface area contributed by atoms with E-state index < -0.39 is 12.0 Å². The summed E-state index contributed by atoms with van der Waals surface area (Å²) in [5, 5.41) is 11.3. The molecule has 0 saturated heterocycles. The molecule has 0 fully saturated rings. The van der Waals surface area contributed by atoms with E-state index in [1.807, 2.05) is 6.07 Å². The van der Waals surface area contributed by atoms with Gasteiger partial charge in [-0.15, -0.1) is 0 Å². The second kappa shape index (κ2) is 5.05. The molecule has 0 atom stereocenters. The zero-order valence-corrected chi connectivity index (χ0v) is 9.94. The van der Waals surface area contributed by atoms with E-state index in [-0.39, 0.29) is 11.6 Å². The van der Waals surface area contributed by atoms with Crippen molar-refractivity contribution in [3.05, 3.63) is 41.7 Å². The third-order valence-electron chi connectivity index (χ3n) is 2.29. The van der Waals surface area contributed by atoms with E-state index in [0.29, 0.717) is 11.3 Å². The van der Waals surface area contributed by atoms with Crippen molar-refractivity contribution in [2.24, 2.45) is 0 Å². The lowest BCUT2D eigenvalue weighted by molar-refractivity contribution is -0.144. The number of alkyl halides is 3. The Balaban J connectivity index is 2.29. The highest BCUT2D eigenvalue weighted by molar-refractivity contribution is 5.59. The molecule has 8 heteroatoms. The van der Waals surface area contributed by atoms with E-state index >= 15 is 0 Å². The van der Waals surface area contributed by atoms with Crippen LogP contribution in [0.1, 0.15) is 11.4 Å². The molecule has 0 bridgehead atoms. The Bertz CT molecular complexity index is 658. The third kappa shape index (κ3) is 3.14. The predicted molar refractivity (Wildman–Crippen MR) is 65.9 cm³/mol. The summed E-state index contributed by atoms with van der Waals surface area (Å²) in [6.45, 7) is 0. The number of hydrogen-bond donors (Lipinski definition) is 2. The van der Waals surface area contributed by atoms with Gasteiger partial charge in [0.15, 0.2) is 0 Å². The minimum atomic E-state index is -4.67. The minimum absolute atomic E-state index is 0.0745. The van der Waals surface area contributed by atoms with Crippen LogP contribution in [0, 0.1) is 11.3 Å². The lowest BCUT2D eigenvalue weighted by atomic mass is 10.2. The van der Waals surface area contributed by atoms with E-state index in [2.05, 4.69) is 15.3 Å². The number of benzene rings is 1. The second-order valence-corrected chi connectivity index (χ2v) is 3.81. The van der Waals surface area contributed by atoms with Crippen molar-refractivity contribution in [2.75, 3.05) is 11.1 Å². The molecule has 102 valence electrons. The van der Waals surface area contributed by atoms with Gasteiger partial charge in [0.1, 0.15) is 11.6 Å². The number of nitriles is 1. The predicted octanol–water partition coefficient (Wildman–Crippen LogP) is 2.69. The van der Waals surface area contributed by atoms with Gasteiger partial charge in [0.05, 0.1) is 11.6 Å². The smallest absolute Gasteiger partial charge is 0.384 e. The van der Waals surface area contributed by atoms with E-state index in [0.717, 1.165) is 0 Å². The molecule has 0 amide bonds. The number of halogens is 3. The number of aromatic nitrogens is 2. The van der Waals surface area contributed by atoms with Gasteiger partial charge >= 0.3 is 6.18 Å². The zero-order chi connectivity index (χ0) is 14.8. The Morgan fingerprint density at radius 1 is 1.15 bits per heavy atom. The normalized spacial score (nSPS) is 10.9. The van der Waals surface area contributed by atoms with Crippen LogP contribution in [-0.2, 0) is 6.18 Å². The first-order valence-electron chi connectivity index (χ1n) is 5.37. The van der Waals surface area contributed by atoms with Crippen molar-refractivity contribution >= 4 is 17.3 Å². The van der Waals surface area contributed by atoms with Crippen LogP contribution in [0.25, 0.3) is 0 Å². The van der Waals surface area contributed by atoms with Crippen LogP contribution in [-0.4, -0.2) is 9.97 Å². The fraction of sp³-hybridized carbons (Fsp3) is 0.0833. The number of nitrogens with zero attached hydrogens (tertiary/aromatic N) is 3. The first-order valence-corrected chi connectivity index (χ1v) is 5.37. The van der Waals surface area contributed by atoms with Gasteiger partial charge in [0, 0.05) is 11.8 Å². The highest BCUT2D eigenvalue weighted by Crippen LogP contribution is 2.28. The molecule has 2 rings (SSSR count). The average Bonchev–Trinajstić information content (AvgIpc) is 2.38. The van der Waals surface area contributed by atoms with Crippen molar-refractivity contribution in [3.8, 4) is 6.07 Å². The highest BCUT2D eigenvalue weighted by atomic mass is 19.4. The Morgan fingerprint density at radius 3 is 2.35 bits per heavy atom. The molecular formula is C12H8F3N5. The van der Waals surface area contributed by atoms with Gasteiger partial charge in [-0.3, -0.25) is 0 Å². The molecule has 1 aromatic heterocycles. The van der Waals surface area contributed by atoms with Crippen molar-refractivity contribution in [2.45, 2.75) is 6.18 Å². The number of nitrogen functional groups attached to an aromatic ring is 1. The van der Waals surface area contributed by atoms with Gasteiger partial charge < -0.3 is 11.1 Å². The van der Waals surface area contributed by atoms with E-state index in [1.165, 1.54) is 18.2 Å². The van der Waals surface area contributed by atoms with Crippen LogP contribution in [0.15, 0.2) is 30.3 Å². The highest BCUT2D eigenvalue weighted by Gasteiger charge is 2.35. The quantitative estimate of drug-likeness (QED) is 0.882. The summed E-state index contributed by atoms with van der Waals surface area (Å²) in [6, 6.07) is 9.26. The van der Waals surface area contributed by atoms with E-state index in [4.69, 9.17) is 11.0 Å². The maximum atomic E-state index is 12.5. The van der Waals surface area contributed by atoms with Crippen LogP contribution in [0.2, 0.25) is 0 Å². The number of hydrogen-bond acceptors (Lipinski definition) is 5. The van der Waals surface area contributed by atoms with Crippen molar-refractivity contribution in [1.29, 1.82) is 5.26 Å². The first-order chi connectivity index (χ1) is 9.38. The SMILES string of the molecule is N#Cc1ccc(Nc2cc(N)nc(C(F)(F)F)n2)cc1. The van der Waals surface area contributed by atoms with Crippen LogP contribution < -0.4 is 11.1 Å². The molecule has 0 radical (unpaired) electrons. The van der Waals surface area contributed by atoms with Crippen LogP contribution in [0.3, 0.4) is 0 Å². The Kier molecular flexibility index (Phi) is 3.43. The topological polar surface area (TPSA) is 87.6 Å². The maximum absolute atomic E-state index is 12.5. The number of anilines is 3. The molecule has 0 aliphatic heterocycles. The summed E-state index contributed by atoms with van der Waals surface area (Å²) in [5.41, 5.74) is 6.24. The summed E-state index contributed by atoms with van der Waals surface area (Å²) in [4.78, 5) is 6.48. The van der Waals surface area contributed by atoms with Gasteiger partial charge in [0.2, 0.25) is 5.82 Å². The molecule has 1 aromatic carbocycles. The summed E-state index contributed by atoms with van der Waals surface area (Å²) in [6.07, 6.45) is -4.67. The summed E-state index contributed by atoms with van der Waals surface area (Å²) in [5.74, 6) is -1.67. The Morgan fingerprint density at radius 2 is 1.80 bits per heavy atom. The number of rotatable bonds is 2. The van der Waals surface area contributed by atoms with Crippen molar-refractivity contribution in [1.82, 2.24) is 9.97 Å². The molecule has 5 nitrogen and oxygen atoms in total. The lowest BCUT2D eigenvalue weighted by Crippen LogP contribution is -2.13. The van der Waals surface area contributed by atoms with Crippen molar-refractivity contribution in [3.63, 3.8) is 0 Å². The maximum Gasteiger partial charge on any atom is 0.451 e. The standard InChI is InChI=1S/C12H8F3N5/c13-12(14,15)11-19-9(17)5-10(20-11)18-8-3-1-7(6-16)2-4-8/h1-5H,(H3,17,18,19,20). The fourth-order valence-corrected chi connectivity index (χ4v) is 1.43. The summed E-state index contributed by atoms with van der Waals surface area (Å²) in [7, 11) is 0. The summed E-state index contributed by atoms with van der Waals surface area (Å²) >= 11 is 0. The van der Waals surface area contributed by atoms with Crippen LogP contribution >= 0.6 is 0 Å². The van der Waals surface area contributed by atoms with E-state index in [9.17, 15) is 13.2 Å². The molecule has 2 aromatic rings. The van der Waals surface area contributed by atoms with Crippen LogP contribution in [0.4, 0.5) is 30.5 Å². The summed E-state index contributed by atoms with van der Waals surface area (Å²) < 4.78 is 37.6. The largest absolute Gasteiger partial charge is 0.451 e. The van der Waals surface area contributed by atoms with E-state index in [1.54, 1.807) is 12.1 Å². The van der Waals surface area contributed by atoms with Gasteiger partial charge in [-0.05, 0) is 24.3 Å². The molecule has 0 unspecified atom stereocenters. The molecule has 0 saturated carbocycles. The molecule has 0 aliphatic rings. The van der Waals surface area contributed by atoms with Gasteiger partial charge in [-0.25, -0.2) is 9.97 Å². The fourth-order valence-electron chi connectivity index (χ4n) is 1.43. The Labute approximate surface area is 111 Å². The number of nitrogens with two attached hydrogens (primary N) is 1. The minimum Gasteiger partial charge on any atom is -0.384 e. The van der Waals surface area contributed by atoms with Gasteiger partial charge in [0.25, 0.3) is 0 Å². The monoisotopic (exact) mass is 279 g/mol.